The lowest BCUT2D eigenvalue weighted by atomic mass is 10.2. The molecule has 0 radical (unpaired) electrons. The second-order valence-electron chi connectivity index (χ2n) is 5.51. The van der Waals surface area contributed by atoms with Crippen LogP contribution in [0.4, 0.5) is 0 Å². The zero-order chi connectivity index (χ0) is 15.1. The topological polar surface area (TPSA) is 54.5 Å². The third-order valence-electron chi connectivity index (χ3n) is 3.73. The molecule has 1 amide bonds. The summed E-state index contributed by atoms with van der Waals surface area (Å²) < 4.78 is 5.71. The highest BCUT2D eigenvalue weighted by atomic mass is 16.5. The highest BCUT2D eigenvalue weighted by Crippen LogP contribution is 2.17. The molecule has 1 aromatic rings. The first kappa shape index (κ1) is 15.8. The summed E-state index contributed by atoms with van der Waals surface area (Å²) in [6.45, 7) is 4.40. The van der Waals surface area contributed by atoms with Gasteiger partial charge in [-0.25, -0.2) is 0 Å². The highest BCUT2D eigenvalue weighted by molar-refractivity contribution is 5.77. The monoisotopic (exact) mass is 291 g/mol. The number of carbonyl (C=O) groups excluding carboxylic acids is 1. The number of ether oxygens (including phenoxy) is 1. The molecule has 0 unspecified atom stereocenters. The Labute approximate surface area is 126 Å². The maximum absolute atomic E-state index is 12.2. The van der Waals surface area contributed by atoms with E-state index in [1.807, 2.05) is 31.0 Å². The molecule has 0 aromatic carbocycles. The molecule has 0 atom stereocenters. The van der Waals surface area contributed by atoms with Crippen molar-refractivity contribution in [1.29, 1.82) is 0 Å². The Kier molecular flexibility index (Phi) is 5.99. The molecule has 1 aliphatic heterocycles. The first-order valence-corrected chi connectivity index (χ1v) is 7.72. The minimum Gasteiger partial charge on any atom is -0.482 e. The van der Waals surface area contributed by atoms with Crippen LogP contribution in [0.2, 0.25) is 0 Å². The molecule has 1 aromatic heterocycles. The maximum Gasteiger partial charge on any atom is 0.260 e. The number of nitrogens with one attached hydrogen (secondary N) is 1. The number of likely N-dealkylation sites (tertiary alicyclic amines) is 1. The van der Waals surface area contributed by atoms with Gasteiger partial charge in [-0.15, -0.1) is 0 Å². The van der Waals surface area contributed by atoms with E-state index in [0.717, 1.165) is 37.3 Å². The van der Waals surface area contributed by atoms with E-state index < -0.39 is 0 Å². The summed E-state index contributed by atoms with van der Waals surface area (Å²) in [5, 5.41) is 3.07. The van der Waals surface area contributed by atoms with Crippen molar-refractivity contribution in [3.63, 3.8) is 0 Å². The average molecular weight is 291 g/mol. The van der Waals surface area contributed by atoms with Crippen LogP contribution in [0.5, 0.6) is 5.75 Å². The Balaban J connectivity index is 1.93. The van der Waals surface area contributed by atoms with Crippen molar-refractivity contribution >= 4 is 5.91 Å². The van der Waals surface area contributed by atoms with Crippen LogP contribution in [-0.2, 0) is 11.3 Å². The molecule has 0 bridgehead atoms. The Morgan fingerprint density at radius 1 is 1.29 bits per heavy atom. The molecule has 2 heterocycles. The lowest BCUT2D eigenvalue weighted by Crippen LogP contribution is -2.35. The Hall–Kier alpha value is -1.62. The second kappa shape index (κ2) is 7.98. The number of amides is 1. The largest absolute Gasteiger partial charge is 0.482 e. The van der Waals surface area contributed by atoms with Crippen molar-refractivity contribution < 1.29 is 9.53 Å². The van der Waals surface area contributed by atoms with E-state index >= 15 is 0 Å². The van der Waals surface area contributed by atoms with Gasteiger partial charge in [-0.1, -0.05) is 12.8 Å². The van der Waals surface area contributed by atoms with Crippen molar-refractivity contribution in [2.75, 3.05) is 26.7 Å². The Morgan fingerprint density at radius 2 is 2.00 bits per heavy atom. The number of aryl methyl sites for hydroxylation is 1. The zero-order valence-electron chi connectivity index (χ0n) is 13.0. The van der Waals surface area contributed by atoms with Crippen molar-refractivity contribution in [1.82, 2.24) is 15.2 Å². The average Bonchev–Trinajstić information content (AvgIpc) is 2.75. The van der Waals surface area contributed by atoms with Crippen molar-refractivity contribution in [3.05, 3.63) is 23.5 Å². The van der Waals surface area contributed by atoms with Crippen LogP contribution >= 0.6 is 0 Å². The summed E-state index contributed by atoms with van der Waals surface area (Å²) in [4.78, 5) is 18.6. The van der Waals surface area contributed by atoms with Gasteiger partial charge in [-0.3, -0.25) is 9.78 Å². The van der Waals surface area contributed by atoms with Gasteiger partial charge >= 0.3 is 0 Å². The number of hydrogen-bond donors (Lipinski definition) is 1. The maximum atomic E-state index is 12.2. The SMILES string of the molecule is CNCc1nc(C)ccc1OCC(=O)N1CCCCCC1. The lowest BCUT2D eigenvalue weighted by molar-refractivity contribution is -0.133. The number of aromatic nitrogens is 1. The van der Waals surface area contributed by atoms with E-state index in [1.165, 1.54) is 12.8 Å². The molecule has 0 aliphatic carbocycles. The van der Waals surface area contributed by atoms with Crippen LogP contribution in [0, 0.1) is 6.92 Å². The van der Waals surface area contributed by atoms with Gasteiger partial charge in [0.1, 0.15) is 5.75 Å². The molecular formula is C16H25N3O2. The van der Waals surface area contributed by atoms with Gasteiger partial charge in [0.2, 0.25) is 0 Å². The summed E-state index contributed by atoms with van der Waals surface area (Å²) in [5.74, 6) is 0.769. The third kappa shape index (κ3) is 4.70. The molecule has 116 valence electrons. The van der Waals surface area contributed by atoms with Gasteiger partial charge in [0.05, 0.1) is 5.69 Å². The number of pyridine rings is 1. The summed E-state index contributed by atoms with van der Waals surface area (Å²) in [7, 11) is 1.87. The first-order valence-electron chi connectivity index (χ1n) is 7.72. The van der Waals surface area contributed by atoms with Crippen molar-refractivity contribution in [3.8, 4) is 5.75 Å². The van der Waals surface area contributed by atoms with Gasteiger partial charge in [-0.05, 0) is 38.9 Å². The summed E-state index contributed by atoms with van der Waals surface area (Å²) >= 11 is 0. The molecule has 2 rings (SSSR count). The number of nitrogens with zero attached hydrogens (tertiary/aromatic N) is 2. The Morgan fingerprint density at radius 3 is 2.67 bits per heavy atom. The number of hydrogen-bond acceptors (Lipinski definition) is 4. The summed E-state index contributed by atoms with van der Waals surface area (Å²) in [6, 6.07) is 3.80. The first-order chi connectivity index (χ1) is 10.2. The van der Waals surface area contributed by atoms with Gasteiger partial charge in [-0.2, -0.15) is 0 Å². The van der Waals surface area contributed by atoms with Crippen molar-refractivity contribution in [2.24, 2.45) is 0 Å². The minimum absolute atomic E-state index is 0.0767. The predicted molar refractivity (Wildman–Crippen MR) is 82.3 cm³/mol. The van der Waals surface area contributed by atoms with Gasteiger partial charge < -0.3 is 15.0 Å². The van der Waals surface area contributed by atoms with Crippen LogP contribution in [0.25, 0.3) is 0 Å². The van der Waals surface area contributed by atoms with Crippen LogP contribution in [0.15, 0.2) is 12.1 Å². The van der Waals surface area contributed by atoms with Crippen molar-refractivity contribution in [2.45, 2.75) is 39.2 Å². The second-order valence-corrected chi connectivity index (χ2v) is 5.51. The fourth-order valence-corrected chi connectivity index (χ4v) is 2.57. The molecule has 21 heavy (non-hydrogen) atoms. The van der Waals surface area contributed by atoms with Crippen LogP contribution < -0.4 is 10.1 Å². The molecule has 5 heteroatoms. The molecule has 1 saturated heterocycles. The standard InChI is InChI=1S/C16H25N3O2/c1-13-7-8-15(14(18-13)11-17-2)21-12-16(20)19-9-5-3-4-6-10-19/h7-8,17H,3-6,9-12H2,1-2H3. The molecule has 5 nitrogen and oxygen atoms in total. The minimum atomic E-state index is 0.0767. The van der Waals surface area contributed by atoms with E-state index in [4.69, 9.17) is 4.74 Å². The summed E-state index contributed by atoms with van der Waals surface area (Å²) in [5.41, 5.74) is 1.80. The van der Waals surface area contributed by atoms with Gasteiger partial charge in [0.25, 0.3) is 5.91 Å². The molecular weight excluding hydrogens is 266 g/mol. The zero-order valence-corrected chi connectivity index (χ0v) is 13.0. The van der Waals surface area contributed by atoms with E-state index in [9.17, 15) is 4.79 Å². The smallest absolute Gasteiger partial charge is 0.260 e. The molecule has 0 spiro atoms. The van der Waals surface area contributed by atoms with E-state index in [0.29, 0.717) is 12.3 Å². The van der Waals surface area contributed by atoms with Crippen LogP contribution in [-0.4, -0.2) is 42.5 Å². The summed E-state index contributed by atoms with van der Waals surface area (Å²) in [6.07, 6.45) is 4.64. The molecule has 1 N–H and O–H groups in total. The highest BCUT2D eigenvalue weighted by Gasteiger charge is 2.16. The van der Waals surface area contributed by atoms with E-state index in [-0.39, 0.29) is 12.5 Å². The van der Waals surface area contributed by atoms with Crippen LogP contribution in [0.1, 0.15) is 37.1 Å². The normalized spacial score (nSPS) is 15.6. The lowest BCUT2D eigenvalue weighted by Gasteiger charge is -2.20. The number of carbonyl (C=O) groups is 1. The van der Waals surface area contributed by atoms with E-state index in [1.54, 1.807) is 0 Å². The predicted octanol–water partition coefficient (Wildman–Crippen LogP) is 1.89. The fraction of sp³-hybridized carbons (Fsp3) is 0.625. The fourth-order valence-electron chi connectivity index (χ4n) is 2.57. The number of rotatable bonds is 5. The van der Waals surface area contributed by atoms with Crippen LogP contribution in [0.3, 0.4) is 0 Å². The van der Waals surface area contributed by atoms with E-state index in [2.05, 4.69) is 10.3 Å². The quantitative estimate of drug-likeness (QED) is 0.900. The Bertz CT molecular complexity index is 469. The van der Waals surface area contributed by atoms with Gasteiger partial charge in [0, 0.05) is 25.3 Å². The molecule has 0 saturated carbocycles. The molecule has 1 aliphatic rings. The third-order valence-corrected chi connectivity index (χ3v) is 3.73. The molecule has 1 fully saturated rings. The van der Waals surface area contributed by atoms with Gasteiger partial charge in [0.15, 0.2) is 6.61 Å².